The van der Waals surface area contributed by atoms with Crippen molar-refractivity contribution in [3.05, 3.63) is 42.2 Å². The van der Waals surface area contributed by atoms with Crippen molar-refractivity contribution in [1.82, 2.24) is 5.16 Å². The summed E-state index contributed by atoms with van der Waals surface area (Å²) < 4.78 is 5.27. The van der Waals surface area contributed by atoms with Crippen LogP contribution in [0.25, 0.3) is 11.3 Å². The smallest absolute Gasteiger partial charge is 0.154 e. The van der Waals surface area contributed by atoms with Crippen LogP contribution in [0.15, 0.2) is 40.9 Å². The van der Waals surface area contributed by atoms with E-state index >= 15 is 0 Å². The van der Waals surface area contributed by atoms with Crippen molar-refractivity contribution < 1.29 is 4.52 Å². The molecule has 2 aromatic rings. The predicted molar refractivity (Wildman–Crippen MR) is 63.7 cm³/mol. The number of nitrogens with zero attached hydrogens (tertiary/aromatic N) is 1. The lowest BCUT2D eigenvalue weighted by molar-refractivity contribution is 0.333. The average molecular weight is 216 g/mol. The molecule has 0 aliphatic rings. The van der Waals surface area contributed by atoms with Gasteiger partial charge in [-0.05, 0) is 5.92 Å². The van der Waals surface area contributed by atoms with Crippen LogP contribution in [0.2, 0.25) is 0 Å². The zero-order valence-corrected chi connectivity index (χ0v) is 9.55. The van der Waals surface area contributed by atoms with E-state index in [2.05, 4.69) is 19.0 Å². The third-order valence-electron chi connectivity index (χ3n) is 2.64. The summed E-state index contributed by atoms with van der Waals surface area (Å²) in [6.07, 6.45) is 0. The predicted octanol–water partition coefficient (Wildman–Crippen LogP) is 3.00. The molecule has 1 aromatic heterocycles. The van der Waals surface area contributed by atoms with Gasteiger partial charge in [0.1, 0.15) is 5.69 Å². The first-order valence-electron chi connectivity index (χ1n) is 5.46. The average Bonchev–Trinajstić information content (AvgIpc) is 2.78. The Kier molecular flexibility index (Phi) is 3.06. The number of hydrogen-bond acceptors (Lipinski definition) is 3. The first kappa shape index (κ1) is 10.9. The van der Waals surface area contributed by atoms with Crippen molar-refractivity contribution >= 4 is 0 Å². The number of rotatable bonds is 3. The highest BCUT2D eigenvalue weighted by Crippen LogP contribution is 2.24. The molecule has 0 spiro atoms. The summed E-state index contributed by atoms with van der Waals surface area (Å²) >= 11 is 0. The highest BCUT2D eigenvalue weighted by atomic mass is 16.5. The number of nitrogens with two attached hydrogens (primary N) is 1. The maximum atomic E-state index is 6.00. The second kappa shape index (κ2) is 4.49. The minimum absolute atomic E-state index is 0.0926. The molecule has 1 heterocycles. The number of aromatic nitrogens is 1. The normalized spacial score (nSPS) is 13.0. The Labute approximate surface area is 95.3 Å². The van der Waals surface area contributed by atoms with Crippen molar-refractivity contribution in [2.75, 3.05) is 0 Å². The minimum Gasteiger partial charge on any atom is -0.359 e. The van der Waals surface area contributed by atoms with Gasteiger partial charge in [-0.2, -0.15) is 0 Å². The van der Waals surface area contributed by atoms with Crippen molar-refractivity contribution in [3.8, 4) is 11.3 Å². The van der Waals surface area contributed by atoms with E-state index in [0.717, 1.165) is 17.0 Å². The fourth-order valence-electron chi connectivity index (χ4n) is 1.52. The Morgan fingerprint density at radius 1 is 1.19 bits per heavy atom. The summed E-state index contributed by atoms with van der Waals surface area (Å²) in [6.45, 7) is 4.13. The van der Waals surface area contributed by atoms with Crippen LogP contribution in [0.5, 0.6) is 0 Å². The lowest BCUT2D eigenvalue weighted by atomic mass is 10.0. The maximum Gasteiger partial charge on any atom is 0.154 e. The van der Waals surface area contributed by atoms with E-state index in [1.165, 1.54) is 0 Å². The SMILES string of the molecule is CC(C)C(N)c1cc(-c2ccccc2)no1. The van der Waals surface area contributed by atoms with E-state index in [-0.39, 0.29) is 6.04 Å². The molecular formula is C13H16N2O. The standard InChI is InChI=1S/C13H16N2O/c1-9(2)13(14)12-8-11(15-16-12)10-6-4-3-5-7-10/h3-9,13H,14H2,1-2H3. The third-order valence-corrected chi connectivity index (χ3v) is 2.64. The van der Waals surface area contributed by atoms with Crippen LogP contribution in [-0.2, 0) is 0 Å². The summed E-state index contributed by atoms with van der Waals surface area (Å²) in [5, 5.41) is 4.03. The van der Waals surface area contributed by atoms with Crippen molar-refractivity contribution in [2.24, 2.45) is 11.7 Å². The van der Waals surface area contributed by atoms with Gasteiger partial charge in [0.25, 0.3) is 0 Å². The van der Waals surface area contributed by atoms with Crippen LogP contribution in [0, 0.1) is 5.92 Å². The highest BCUT2D eigenvalue weighted by molar-refractivity contribution is 5.58. The molecule has 0 aliphatic carbocycles. The van der Waals surface area contributed by atoms with Crippen LogP contribution < -0.4 is 5.73 Å². The molecule has 0 fully saturated rings. The van der Waals surface area contributed by atoms with Gasteiger partial charge >= 0.3 is 0 Å². The fourth-order valence-corrected chi connectivity index (χ4v) is 1.52. The summed E-state index contributed by atoms with van der Waals surface area (Å²) in [6, 6.07) is 11.8. The first-order valence-corrected chi connectivity index (χ1v) is 5.46. The molecule has 0 amide bonds. The summed E-state index contributed by atoms with van der Waals surface area (Å²) in [5.74, 6) is 1.09. The first-order chi connectivity index (χ1) is 7.68. The second-order valence-corrected chi connectivity index (χ2v) is 4.25. The van der Waals surface area contributed by atoms with Crippen LogP contribution in [0.3, 0.4) is 0 Å². The largest absolute Gasteiger partial charge is 0.359 e. The second-order valence-electron chi connectivity index (χ2n) is 4.25. The fraction of sp³-hybridized carbons (Fsp3) is 0.308. The van der Waals surface area contributed by atoms with Gasteiger partial charge in [0.2, 0.25) is 0 Å². The third kappa shape index (κ3) is 2.14. The Balaban J connectivity index is 2.27. The van der Waals surface area contributed by atoms with Crippen LogP contribution in [0.4, 0.5) is 0 Å². The Morgan fingerprint density at radius 3 is 2.50 bits per heavy atom. The van der Waals surface area contributed by atoms with Crippen LogP contribution in [-0.4, -0.2) is 5.16 Å². The van der Waals surface area contributed by atoms with E-state index in [1.807, 2.05) is 36.4 Å². The summed E-state index contributed by atoms with van der Waals surface area (Å²) in [7, 11) is 0. The molecule has 2 rings (SSSR count). The van der Waals surface area contributed by atoms with E-state index in [1.54, 1.807) is 0 Å². The molecule has 3 nitrogen and oxygen atoms in total. The zero-order chi connectivity index (χ0) is 11.5. The van der Waals surface area contributed by atoms with E-state index < -0.39 is 0 Å². The molecule has 1 unspecified atom stereocenters. The van der Waals surface area contributed by atoms with Crippen molar-refractivity contribution in [3.63, 3.8) is 0 Å². The van der Waals surface area contributed by atoms with Crippen LogP contribution in [0.1, 0.15) is 25.6 Å². The molecule has 1 atom stereocenters. The topological polar surface area (TPSA) is 52.0 Å². The molecule has 0 aliphatic heterocycles. The lowest BCUT2D eigenvalue weighted by Gasteiger charge is -2.10. The number of benzene rings is 1. The zero-order valence-electron chi connectivity index (χ0n) is 9.55. The Morgan fingerprint density at radius 2 is 1.88 bits per heavy atom. The quantitative estimate of drug-likeness (QED) is 0.858. The molecule has 2 N–H and O–H groups in total. The molecule has 3 heteroatoms. The van der Waals surface area contributed by atoms with Crippen molar-refractivity contribution in [1.29, 1.82) is 0 Å². The molecule has 0 saturated heterocycles. The highest BCUT2D eigenvalue weighted by Gasteiger charge is 2.16. The minimum atomic E-state index is -0.0926. The molecule has 0 radical (unpaired) electrons. The van der Waals surface area contributed by atoms with Gasteiger partial charge in [-0.15, -0.1) is 0 Å². The van der Waals surface area contributed by atoms with Gasteiger partial charge in [-0.3, -0.25) is 0 Å². The lowest BCUT2D eigenvalue weighted by Crippen LogP contribution is -2.15. The maximum absolute atomic E-state index is 6.00. The van der Waals surface area contributed by atoms with Crippen LogP contribution >= 0.6 is 0 Å². The number of hydrogen-bond donors (Lipinski definition) is 1. The monoisotopic (exact) mass is 216 g/mol. The molecule has 1 aromatic carbocycles. The summed E-state index contributed by atoms with van der Waals surface area (Å²) in [4.78, 5) is 0. The van der Waals surface area contributed by atoms with Gasteiger partial charge in [-0.1, -0.05) is 49.3 Å². The van der Waals surface area contributed by atoms with Crippen molar-refractivity contribution in [2.45, 2.75) is 19.9 Å². The molecular weight excluding hydrogens is 200 g/mol. The Bertz CT molecular complexity index is 448. The van der Waals surface area contributed by atoms with Gasteiger partial charge in [0.15, 0.2) is 5.76 Å². The summed E-state index contributed by atoms with van der Waals surface area (Å²) in [5.41, 5.74) is 7.88. The molecule has 0 saturated carbocycles. The van der Waals surface area contributed by atoms with Gasteiger partial charge in [0, 0.05) is 11.6 Å². The van der Waals surface area contributed by atoms with E-state index in [9.17, 15) is 0 Å². The van der Waals surface area contributed by atoms with E-state index in [0.29, 0.717) is 5.92 Å². The Hall–Kier alpha value is -1.61. The molecule has 0 bridgehead atoms. The molecule has 16 heavy (non-hydrogen) atoms. The van der Waals surface area contributed by atoms with Gasteiger partial charge in [0.05, 0.1) is 6.04 Å². The molecule has 84 valence electrons. The van der Waals surface area contributed by atoms with Gasteiger partial charge in [-0.25, -0.2) is 0 Å². The van der Waals surface area contributed by atoms with E-state index in [4.69, 9.17) is 10.3 Å². The van der Waals surface area contributed by atoms with Gasteiger partial charge < -0.3 is 10.3 Å².